The number of nitrogens with zero attached hydrogens (tertiary/aromatic N) is 3. The average molecular weight is 487 g/mol. The molecule has 9 heteroatoms. The molecule has 5 fully saturated rings. The molecule has 182 valence electrons. The Hall–Kier alpha value is -0.310. The Balaban J connectivity index is 1.19. The summed E-state index contributed by atoms with van der Waals surface area (Å²) in [4.78, 5) is 6.89. The highest BCUT2D eigenvalue weighted by Crippen LogP contribution is 2.36. The Labute approximate surface area is 203 Å². The maximum absolute atomic E-state index is 8.83. The van der Waals surface area contributed by atoms with Gasteiger partial charge >= 0.3 is 0 Å². The van der Waals surface area contributed by atoms with E-state index in [-0.39, 0.29) is 23.2 Å². The molecule has 7 nitrogen and oxygen atoms in total. The molecule has 5 aliphatic rings. The first-order valence-electron chi connectivity index (χ1n) is 12.7. The molecule has 2 aliphatic carbocycles. The van der Waals surface area contributed by atoms with Gasteiger partial charge in [0.05, 0.1) is 23.9 Å². The van der Waals surface area contributed by atoms with E-state index in [2.05, 4.69) is 44.7 Å². The van der Waals surface area contributed by atoms with Crippen LogP contribution in [-0.4, -0.2) is 89.8 Å². The molecular formula is C23H41Cl2N7. The second-order valence-corrected chi connectivity index (χ2v) is 12.0. The number of hydrogen-bond acceptors (Lipinski definition) is 5. The fourth-order valence-corrected chi connectivity index (χ4v) is 7.78. The molecule has 32 heavy (non-hydrogen) atoms. The predicted octanol–water partition coefficient (Wildman–Crippen LogP) is 2.41. The standard InChI is InChI=1S/C23H41Cl2N7/c1-30-13-19(25)28-21(30)15-9-7-14(8-10-15)12-32-22-18(31(2)23(32)26)11-27-20(29-22)16-5-3-4-6-17(16)24/h14-22,26-29H,3-13H2,1-2H3. The Morgan fingerprint density at radius 3 is 2.41 bits per heavy atom. The van der Waals surface area contributed by atoms with E-state index in [1.54, 1.807) is 0 Å². The molecule has 0 aromatic rings. The van der Waals surface area contributed by atoms with Crippen molar-refractivity contribution < 1.29 is 0 Å². The van der Waals surface area contributed by atoms with Gasteiger partial charge in [0.25, 0.3) is 0 Å². The first-order chi connectivity index (χ1) is 15.4. The Morgan fingerprint density at radius 2 is 1.72 bits per heavy atom. The molecule has 4 N–H and O–H groups in total. The van der Waals surface area contributed by atoms with Gasteiger partial charge in [0.1, 0.15) is 6.17 Å². The lowest BCUT2D eigenvalue weighted by atomic mass is 9.80. The van der Waals surface area contributed by atoms with Crippen LogP contribution in [0.2, 0.25) is 0 Å². The molecule has 0 bridgehead atoms. The van der Waals surface area contributed by atoms with E-state index in [1.807, 2.05) is 0 Å². The minimum Gasteiger partial charge on any atom is -0.338 e. The van der Waals surface area contributed by atoms with Crippen LogP contribution >= 0.6 is 23.2 Å². The second kappa shape index (κ2) is 9.74. The Bertz CT molecular complexity index is 673. The van der Waals surface area contributed by atoms with Crippen molar-refractivity contribution in [1.29, 1.82) is 5.41 Å². The van der Waals surface area contributed by atoms with Crippen LogP contribution in [0.5, 0.6) is 0 Å². The van der Waals surface area contributed by atoms with Crippen molar-refractivity contribution in [1.82, 2.24) is 30.7 Å². The highest BCUT2D eigenvalue weighted by molar-refractivity contribution is 6.21. The maximum atomic E-state index is 8.83. The third kappa shape index (κ3) is 4.50. The fraction of sp³-hybridized carbons (Fsp3) is 0.957. The Kier molecular flexibility index (Phi) is 7.14. The summed E-state index contributed by atoms with van der Waals surface area (Å²) in [5.74, 6) is 2.49. The predicted molar refractivity (Wildman–Crippen MR) is 131 cm³/mol. The topological polar surface area (TPSA) is 69.7 Å². The van der Waals surface area contributed by atoms with Crippen LogP contribution in [-0.2, 0) is 0 Å². The smallest absolute Gasteiger partial charge is 0.195 e. The number of halogens is 2. The molecule has 2 saturated carbocycles. The zero-order valence-electron chi connectivity index (χ0n) is 19.6. The summed E-state index contributed by atoms with van der Waals surface area (Å²) < 4.78 is 0. The normalized spacial score (nSPS) is 46.0. The molecule has 0 aromatic carbocycles. The largest absolute Gasteiger partial charge is 0.338 e. The van der Waals surface area contributed by atoms with Gasteiger partial charge in [-0.05, 0) is 57.4 Å². The number of fused-ring (bicyclic) bond motifs is 1. The van der Waals surface area contributed by atoms with Crippen molar-refractivity contribution in [2.24, 2.45) is 17.8 Å². The molecule has 3 aliphatic heterocycles. The summed E-state index contributed by atoms with van der Waals surface area (Å²) in [5, 5.41) is 20.3. The number of guanidine groups is 1. The molecule has 3 saturated heterocycles. The number of nitrogens with one attached hydrogen (secondary N) is 4. The van der Waals surface area contributed by atoms with Crippen molar-refractivity contribution >= 4 is 29.2 Å². The summed E-state index contributed by atoms with van der Waals surface area (Å²) in [7, 11) is 4.26. The number of rotatable bonds is 4. The van der Waals surface area contributed by atoms with E-state index >= 15 is 0 Å². The summed E-state index contributed by atoms with van der Waals surface area (Å²) in [6.45, 7) is 2.83. The monoisotopic (exact) mass is 485 g/mol. The molecule has 7 atom stereocenters. The molecule has 0 aromatic heterocycles. The van der Waals surface area contributed by atoms with E-state index in [4.69, 9.17) is 28.6 Å². The maximum Gasteiger partial charge on any atom is 0.195 e. The van der Waals surface area contributed by atoms with Gasteiger partial charge in [-0.15, -0.1) is 23.2 Å². The highest BCUT2D eigenvalue weighted by atomic mass is 35.5. The first-order valence-corrected chi connectivity index (χ1v) is 13.6. The second-order valence-electron chi connectivity index (χ2n) is 10.9. The van der Waals surface area contributed by atoms with Crippen LogP contribution < -0.4 is 16.0 Å². The number of hydrogen-bond donors (Lipinski definition) is 4. The third-order valence-corrected chi connectivity index (χ3v) is 9.73. The zero-order valence-corrected chi connectivity index (χ0v) is 21.1. The van der Waals surface area contributed by atoms with Crippen LogP contribution in [0.4, 0.5) is 0 Å². The lowest BCUT2D eigenvalue weighted by Crippen LogP contribution is -2.67. The van der Waals surface area contributed by atoms with Crippen molar-refractivity contribution in [2.45, 2.75) is 86.8 Å². The van der Waals surface area contributed by atoms with E-state index in [1.165, 1.54) is 44.9 Å². The lowest BCUT2D eigenvalue weighted by molar-refractivity contribution is 0.0941. The number of likely N-dealkylation sites (N-methyl/N-ethyl adjacent to an activating group) is 2. The fourth-order valence-electron chi connectivity index (χ4n) is 7.01. The summed E-state index contributed by atoms with van der Waals surface area (Å²) in [6.07, 6.45) is 10.7. The first kappa shape index (κ1) is 23.4. The third-order valence-electron chi connectivity index (χ3n) is 8.93. The van der Waals surface area contributed by atoms with Gasteiger partial charge in [0.15, 0.2) is 5.96 Å². The lowest BCUT2D eigenvalue weighted by Gasteiger charge is -2.44. The van der Waals surface area contributed by atoms with Crippen LogP contribution in [0.3, 0.4) is 0 Å². The van der Waals surface area contributed by atoms with Crippen molar-refractivity contribution in [3.05, 3.63) is 0 Å². The van der Waals surface area contributed by atoms with E-state index in [0.717, 1.165) is 26.1 Å². The molecule has 0 radical (unpaired) electrons. The van der Waals surface area contributed by atoms with Gasteiger partial charge in [0.2, 0.25) is 0 Å². The van der Waals surface area contributed by atoms with Crippen molar-refractivity contribution in [2.75, 3.05) is 33.7 Å². The van der Waals surface area contributed by atoms with Gasteiger partial charge in [-0.2, -0.15) is 0 Å². The Morgan fingerprint density at radius 1 is 0.969 bits per heavy atom. The van der Waals surface area contributed by atoms with Gasteiger partial charge < -0.3 is 9.80 Å². The summed E-state index contributed by atoms with van der Waals surface area (Å²) in [5.41, 5.74) is 0.0796. The summed E-state index contributed by atoms with van der Waals surface area (Å²) >= 11 is 13.1. The average Bonchev–Trinajstić information content (AvgIpc) is 3.25. The quantitative estimate of drug-likeness (QED) is 0.362. The highest BCUT2D eigenvalue weighted by Gasteiger charge is 2.47. The van der Waals surface area contributed by atoms with Crippen molar-refractivity contribution in [3.8, 4) is 0 Å². The van der Waals surface area contributed by atoms with Gasteiger partial charge in [-0.3, -0.25) is 26.3 Å². The summed E-state index contributed by atoms with van der Waals surface area (Å²) in [6, 6.07) is 0.310. The van der Waals surface area contributed by atoms with Crippen LogP contribution in [0, 0.1) is 23.2 Å². The SMILES string of the molecule is CN1CC(Cl)NC1C1CCC(CN2C(=N)N(C)C3CNC(C4CCCCC4Cl)NC32)CC1. The van der Waals surface area contributed by atoms with Gasteiger partial charge in [-0.25, -0.2) is 0 Å². The van der Waals surface area contributed by atoms with Crippen molar-refractivity contribution in [3.63, 3.8) is 0 Å². The molecule has 7 unspecified atom stereocenters. The molecular weight excluding hydrogens is 445 g/mol. The molecule has 0 spiro atoms. The molecule has 5 rings (SSSR count). The van der Waals surface area contributed by atoms with Crippen LogP contribution in [0.15, 0.2) is 0 Å². The van der Waals surface area contributed by atoms with Crippen LogP contribution in [0.1, 0.15) is 51.4 Å². The number of alkyl halides is 2. The zero-order chi connectivity index (χ0) is 22.4. The van der Waals surface area contributed by atoms with E-state index in [0.29, 0.717) is 35.9 Å². The van der Waals surface area contributed by atoms with Gasteiger partial charge in [-0.1, -0.05) is 12.8 Å². The molecule has 3 heterocycles. The molecule has 0 amide bonds. The minimum absolute atomic E-state index is 0.0796. The van der Waals surface area contributed by atoms with Gasteiger partial charge in [0, 0.05) is 38.0 Å². The van der Waals surface area contributed by atoms with E-state index < -0.39 is 0 Å². The van der Waals surface area contributed by atoms with E-state index in [9.17, 15) is 0 Å². The van der Waals surface area contributed by atoms with Crippen LogP contribution in [0.25, 0.3) is 0 Å². The minimum atomic E-state index is 0.0796.